The number of rotatable bonds is 4. The number of aromatic nitrogens is 1. The summed E-state index contributed by atoms with van der Waals surface area (Å²) < 4.78 is 0. The molecule has 5 N–H and O–H groups in total. The maximum absolute atomic E-state index is 11.6. The first-order valence-electron chi connectivity index (χ1n) is 5.37. The molecule has 17 heavy (non-hydrogen) atoms. The fraction of sp³-hybridized carbons (Fsp3) is 0.455. The smallest absolute Gasteiger partial charge is 0.251 e. The lowest BCUT2D eigenvalue weighted by Crippen LogP contribution is -2.40. The maximum Gasteiger partial charge on any atom is 0.251 e. The minimum absolute atomic E-state index is 0.113. The van der Waals surface area contributed by atoms with Crippen molar-refractivity contribution in [1.82, 2.24) is 10.3 Å². The molecule has 0 saturated carbocycles. The van der Waals surface area contributed by atoms with Gasteiger partial charge in [0.2, 0.25) is 0 Å². The van der Waals surface area contributed by atoms with Crippen LogP contribution in [0.1, 0.15) is 24.2 Å². The molecule has 1 heterocycles. The van der Waals surface area contributed by atoms with Crippen LogP contribution < -0.4 is 16.6 Å². The van der Waals surface area contributed by atoms with Crippen molar-refractivity contribution in [2.45, 2.75) is 19.9 Å². The fourth-order valence-electron chi connectivity index (χ4n) is 1.21. The zero-order valence-corrected chi connectivity index (χ0v) is 9.86. The summed E-state index contributed by atoms with van der Waals surface area (Å²) in [4.78, 5) is 24.8. The summed E-state index contributed by atoms with van der Waals surface area (Å²) in [5.74, 6) is -0.513. The standard InChI is InChI=1S/C11H17N3O3/c1-6(2)8(12)5-13-11(17)7-3-9(15)14-10(16)4-7/h3-4,6,8H,5,12H2,1-2H3,(H,13,17)(H2,14,15,16). The maximum atomic E-state index is 11.6. The number of carbonyl (C=O) groups is 1. The molecule has 1 aromatic heterocycles. The number of H-pyrrole nitrogens is 1. The van der Waals surface area contributed by atoms with Crippen molar-refractivity contribution >= 4 is 5.91 Å². The summed E-state index contributed by atoms with van der Waals surface area (Å²) >= 11 is 0. The minimum atomic E-state index is -0.525. The Balaban J connectivity index is 2.67. The van der Waals surface area contributed by atoms with E-state index in [0.717, 1.165) is 6.07 Å². The number of aromatic amines is 1. The molecular weight excluding hydrogens is 222 g/mol. The Morgan fingerprint density at radius 3 is 2.71 bits per heavy atom. The molecule has 94 valence electrons. The molecule has 1 atom stereocenters. The molecule has 0 aliphatic rings. The molecule has 0 aliphatic carbocycles. The molecule has 0 saturated heterocycles. The lowest BCUT2D eigenvalue weighted by Gasteiger charge is -2.16. The summed E-state index contributed by atoms with van der Waals surface area (Å²) in [5.41, 5.74) is 5.36. The molecule has 1 unspecified atom stereocenters. The first-order chi connectivity index (χ1) is 7.90. The second-order valence-corrected chi connectivity index (χ2v) is 4.24. The van der Waals surface area contributed by atoms with Crippen molar-refractivity contribution < 1.29 is 9.90 Å². The van der Waals surface area contributed by atoms with Crippen molar-refractivity contribution in [3.05, 3.63) is 28.0 Å². The Kier molecular flexibility index (Phi) is 4.28. The third kappa shape index (κ3) is 3.92. The highest BCUT2D eigenvalue weighted by Gasteiger charge is 2.11. The molecule has 0 aromatic carbocycles. The molecule has 0 radical (unpaired) electrons. The Morgan fingerprint density at radius 1 is 1.53 bits per heavy atom. The number of pyridine rings is 1. The largest absolute Gasteiger partial charge is 0.494 e. The van der Waals surface area contributed by atoms with E-state index in [1.54, 1.807) is 0 Å². The van der Waals surface area contributed by atoms with Gasteiger partial charge in [0.15, 0.2) is 5.88 Å². The normalized spacial score (nSPS) is 12.5. The van der Waals surface area contributed by atoms with Crippen LogP contribution >= 0.6 is 0 Å². The molecule has 0 aliphatic heterocycles. The van der Waals surface area contributed by atoms with Gasteiger partial charge in [0.25, 0.3) is 11.5 Å². The van der Waals surface area contributed by atoms with Gasteiger partial charge in [0.1, 0.15) is 0 Å². The van der Waals surface area contributed by atoms with Crippen molar-refractivity contribution in [3.8, 4) is 5.88 Å². The van der Waals surface area contributed by atoms with Gasteiger partial charge in [-0.3, -0.25) is 14.6 Å². The van der Waals surface area contributed by atoms with Crippen LogP contribution in [0.3, 0.4) is 0 Å². The van der Waals surface area contributed by atoms with E-state index in [1.165, 1.54) is 6.07 Å². The third-order valence-corrected chi connectivity index (χ3v) is 2.45. The highest BCUT2D eigenvalue weighted by molar-refractivity contribution is 5.94. The van der Waals surface area contributed by atoms with Gasteiger partial charge in [-0.25, -0.2) is 0 Å². The van der Waals surface area contributed by atoms with Crippen molar-refractivity contribution in [2.24, 2.45) is 11.7 Å². The lowest BCUT2D eigenvalue weighted by atomic mass is 10.1. The second kappa shape index (κ2) is 5.49. The third-order valence-electron chi connectivity index (χ3n) is 2.45. The first kappa shape index (κ1) is 13.2. The molecule has 0 fully saturated rings. The number of nitrogens with two attached hydrogens (primary N) is 1. The Morgan fingerprint density at radius 2 is 2.18 bits per heavy atom. The molecule has 6 nitrogen and oxygen atoms in total. The van der Waals surface area contributed by atoms with Crippen LogP contribution in [-0.4, -0.2) is 28.6 Å². The molecule has 1 aromatic rings. The van der Waals surface area contributed by atoms with E-state index in [1.807, 2.05) is 13.8 Å². The highest BCUT2D eigenvalue weighted by Crippen LogP contribution is 2.04. The number of aromatic hydroxyl groups is 1. The van der Waals surface area contributed by atoms with Gasteiger partial charge < -0.3 is 16.2 Å². The van der Waals surface area contributed by atoms with Crippen LogP contribution in [0.2, 0.25) is 0 Å². The average molecular weight is 239 g/mol. The zero-order chi connectivity index (χ0) is 13.0. The van der Waals surface area contributed by atoms with Crippen LogP contribution in [0.15, 0.2) is 16.9 Å². The molecule has 6 heteroatoms. The predicted octanol–water partition coefficient (Wildman–Crippen LogP) is -0.206. The van der Waals surface area contributed by atoms with Gasteiger partial charge in [0, 0.05) is 24.7 Å². The number of hydrogen-bond acceptors (Lipinski definition) is 4. The number of carbonyl (C=O) groups excluding carboxylic acids is 1. The quantitative estimate of drug-likeness (QED) is 0.583. The number of nitrogens with one attached hydrogen (secondary N) is 2. The van der Waals surface area contributed by atoms with E-state index < -0.39 is 11.5 Å². The molecule has 1 rings (SSSR count). The highest BCUT2D eigenvalue weighted by atomic mass is 16.3. The summed E-state index contributed by atoms with van der Waals surface area (Å²) in [7, 11) is 0. The summed E-state index contributed by atoms with van der Waals surface area (Å²) in [6, 6.07) is 2.17. The number of hydrogen-bond donors (Lipinski definition) is 4. The topological polar surface area (TPSA) is 108 Å². The van der Waals surface area contributed by atoms with Crippen molar-refractivity contribution in [2.75, 3.05) is 6.54 Å². The van der Waals surface area contributed by atoms with Crippen LogP contribution in [0.5, 0.6) is 5.88 Å². The van der Waals surface area contributed by atoms with E-state index in [2.05, 4.69) is 10.3 Å². The summed E-state index contributed by atoms with van der Waals surface area (Å²) in [6.45, 7) is 4.23. The van der Waals surface area contributed by atoms with E-state index in [4.69, 9.17) is 10.8 Å². The summed E-state index contributed by atoms with van der Waals surface area (Å²) in [6.07, 6.45) is 0. The SMILES string of the molecule is CC(C)C(N)CNC(=O)c1cc(O)[nH]c(=O)c1. The van der Waals surface area contributed by atoms with Gasteiger partial charge in [-0.1, -0.05) is 13.8 Å². The van der Waals surface area contributed by atoms with E-state index >= 15 is 0 Å². The van der Waals surface area contributed by atoms with Gasteiger partial charge in [-0.15, -0.1) is 0 Å². The number of amides is 1. The van der Waals surface area contributed by atoms with E-state index in [-0.39, 0.29) is 23.4 Å². The monoisotopic (exact) mass is 239 g/mol. The van der Waals surface area contributed by atoms with Crippen LogP contribution in [0.4, 0.5) is 0 Å². The van der Waals surface area contributed by atoms with Crippen LogP contribution in [0.25, 0.3) is 0 Å². The second-order valence-electron chi connectivity index (χ2n) is 4.24. The van der Waals surface area contributed by atoms with Gasteiger partial charge in [-0.05, 0) is 5.92 Å². The Bertz CT molecular complexity index is 454. The molecule has 0 spiro atoms. The van der Waals surface area contributed by atoms with E-state index in [9.17, 15) is 9.59 Å². The minimum Gasteiger partial charge on any atom is -0.494 e. The fourth-order valence-corrected chi connectivity index (χ4v) is 1.21. The lowest BCUT2D eigenvalue weighted by molar-refractivity contribution is 0.0948. The predicted molar refractivity (Wildman–Crippen MR) is 63.9 cm³/mol. The van der Waals surface area contributed by atoms with Gasteiger partial charge >= 0.3 is 0 Å². The first-order valence-corrected chi connectivity index (χ1v) is 5.37. The molecule has 0 bridgehead atoms. The van der Waals surface area contributed by atoms with Gasteiger partial charge in [-0.2, -0.15) is 0 Å². The molecule has 1 amide bonds. The Hall–Kier alpha value is -1.82. The van der Waals surface area contributed by atoms with Gasteiger partial charge in [0.05, 0.1) is 5.56 Å². The zero-order valence-electron chi connectivity index (χ0n) is 9.86. The van der Waals surface area contributed by atoms with Crippen LogP contribution in [0, 0.1) is 5.92 Å². The summed E-state index contributed by atoms with van der Waals surface area (Å²) in [5, 5.41) is 11.8. The molecular formula is C11H17N3O3. The Labute approximate surface area is 98.8 Å². The van der Waals surface area contributed by atoms with Crippen LogP contribution in [-0.2, 0) is 0 Å². The van der Waals surface area contributed by atoms with E-state index in [0.29, 0.717) is 6.54 Å². The van der Waals surface area contributed by atoms with Crippen molar-refractivity contribution in [1.29, 1.82) is 0 Å². The average Bonchev–Trinajstić information content (AvgIpc) is 2.23. The van der Waals surface area contributed by atoms with Crippen molar-refractivity contribution in [3.63, 3.8) is 0 Å².